The maximum Gasteiger partial charge on any atom is 0.142 e. The molecular weight excluding hydrogens is 234 g/mol. The molecule has 0 saturated carbocycles. The van der Waals surface area contributed by atoms with Gasteiger partial charge in [0.15, 0.2) is 0 Å². The van der Waals surface area contributed by atoms with E-state index < -0.39 is 0 Å². The summed E-state index contributed by atoms with van der Waals surface area (Å²) >= 11 is 5.89. The quantitative estimate of drug-likeness (QED) is 0.901. The zero-order valence-electron chi connectivity index (χ0n) is 9.02. The Bertz CT molecular complexity index is 561. The van der Waals surface area contributed by atoms with Crippen LogP contribution in [0.15, 0.2) is 42.6 Å². The van der Waals surface area contributed by atoms with Gasteiger partial charge in [0.25, 0.3) is 0 Å². The van der Waals surface area contributed by atoms with Gasteiger partial charge < -0.3 is 5.32 Å². The summed E-state index contributed by atoms with van der Waals surface area (Å²) < 4.78 is 0. The molecule has 2 rings (SSSR count). The SMILES string of the molecule is N#Cc1cc(NCc2cccc(Cl)c2)ccn1. The number of rotatable bonds is 3. The van der Waals surface area contributed by atoms with Crippen molar-refractivity contribution < 1.29 is 0 Å². The Labute approximate surface area is 105 Å². The van der Waals surface area contributed by atoms with E-state index in [-0.39, 0.29) is 0 Å². The average Bonchev–Trinajstić information content (AvgIpc) is 2.37. The number of aromatic nitrogens is 1. The van der Waals surface area contributed by atoms with E-state index in [1.807, 2.05) is 36.4 Å². The summed E-state index contributed by atoms with van der Waals surface area (Å²) in [6, 6.07) is 13.2. The Balaban J connectivity index is 2.05. The second-order valence-corrected chi connectivity index (χ2v) is 3.96. The average molecular weight is 244 g/mol. The number of pyridine rings is 1. The molecule has 0 saturated heterocycles. The van der Waals surface area contributed by atoms with Crippen LogP contribution in [0, 0.1) is 11.3 Å². The molecule has 0 amide bonds. The lowest BCUT2D eigenvalue weighted by atomic mass is 10.2. The second kappa shape index (κ2) is 5.33. The third-order valence-electron chi connectivity index (χ3n) is 2.26. The maximum atomic E-state index is 8.73. The standard InChI is InChI=1S/C13H10ClN3/c14-11-3-1-2-10(6-11)9-17-12-4-5-16-13(7-12)8-15/h1-7H,9H2,(H,16,17). The van der Waals surface area contributed by atoms with Gasteiger partial charge in [-0.1, -0.05) is 23.7 Å². The largest absolute Gasteiger partial charge is 0.381 e. The molecule has 1 aromatic heterocycles. The molecule has 0 aliphatic carbocycles. The molecule has 4 heteroatoms. The number of anilines is 1. The van der Waals surface area contributed by atoms with E-state index in [1.54, 1.807) is 12.3 Å². The molecule has 0 radical (unpaired) electrons. The fourth-order valence-electron chi connectivity index (χ4n) is 1.45. The van der Waals surface area contributed by atoms with Gasteiger partial charge in [0.05, 0.1) is 0 Å². The van der Waals surface area contributed by atoms with Crippen LogP contribution >= 0.6 is 11.6 Å². The molecular formula is C13H10ClN3. The minimum absolute atomic E-state index is 0.404. The highest BCUT2D eigenvalue weighted by atomic mass is 35.5. The topological polar surface area (TPSA) is 48.7 Å². The molecule has 3 nitrogen and oxygen atoms in total. The minimum atomic E-state index is 0.404. The number of nitrogens with one attached hydrogen (secondary N) is 1. The van der Waals surface area contributed by atoms with E-state index in [0.717, 1.165) is 16.3 Å². The van der Waals surface area contributed by atoms with Crippen molar-refractivity contribution in [2.75, 3.05) is 5.32 Å². The first-order chi connectivity index (χ1) is 8.28. The smallest absolute Gasteiger partial charge is 0.142 e. The molecule has 0 spiro atoms. The summed E-state index contributed by atoms with van der Waals surface area (Å²) in [6.07, 6.45) is 1.61. The van der Waals surface area contributed by atoms with Crippen molar-refractivity contribution >= 4 is 17.3 Å². The molecule has 1 N–H and O–H groups in total. The van der Waals surface area contributed by atoms with E-state index in [0.29, 0.717) is 12.2 Å². The van der Waals surface area contributed by atoms with E-state index in [1.165, 1.54) is 0 Å². The maximum absolute atomic E-state index is 8.73. The van der Waals surface area contributed by atoms with Gasteiger partial charge in [-0.3, -0.25) is 0 Å². The number of benzene rings is 1. The lowest BCUT2D eigenvalue weighted by molar-refractivity contribution is 1.14. The lowest BCUT2D eigenvalue weighted by Crippen LogP contribution is -1.99. The first-order valence-electron chi connectivity index (χ1n) is 5.12. The molecule has 0 aliphatic heterocycles. The Hall–Kier alpha value is -2.05. The minimum Gasteiger partial charge on any atom is -0.381 e. The molecule has 1 aromatic carbocycles. The van der Waals surface area contributed by atoms with Crippen LogP contribution in [0.5, 0.6) is 0 Å². The highest BCUT2D eigenvalue weighted by Gasteiger charge is 1.97. The summed E-state index contributed by atoms with van der Waals surface area (Å²) in [4.78, 5) is 3.90. The van der Waals surface area contributed by atoms with Crippen molar-refractivity contribution in [1.82, 2.24) is 4.98 Å². The summed E-state index contributed by atoms with van der Waals surface area (Å²) in [7, 11) is 0. The molecule has 0 unspecified atom stereocenters. The van der Waals surface area contributed by atoms with Crippen LogP contribution in [-0.2, 0) is 6.54 Å². The van der Waals surface area contributed by atoms with Gasteiger partial charge in [0.2, 0.25) is 0 Å². The number of hydrogen-bond acceptors (Lipinski definition) is 3. The normalized spacial score (nSPS) is 9.65. The highest BCUT2D eigenvalue weighted by molar-refractivity contribution is 6.30. The monoisotopic (exact) mass is 243 g/mol. The van der Waals surface area contributed by atoms with Crippen LogP contribution in [-0.4, -0.2) is 4.98 Å². The fraction of sp³-hybridized carbons (Fsp3) is 0.0769. The zero-order valence-corrected chi connectivity index (χ0v) is 9.78. The molecule has 0 fully saturated rings. The molecule has 84 valence electrons. The van der Waals surface area contributed by atoms with Crippen molar-refractivity contribution in [3.05, 3.63) is 58.9 Å². The Kier molecular flexibility index (Phi) is 3.59. The number of halogens is 1. The summed E-state index contributed by atoms with van der Waals surface area (Å²) in [5, 5.41) is 12.7. The van der Waals surface area contributed by atoms with Crippen molar-refractivity contribution in [3.63, 3.8) is 0 Å². The summed E-state index contributed by atoms with van der Waals surface area (Å²) in [6.45, 7) is 0.662. The van der Waals surface area contributed by atoms with Gasteiger partial charge in [-0.15, -0.1) is 0 Å². The van der Waals surface area contributed by atoms with Crippen LogP contribution < -0.4 is 5.32 Å². The fourth-order valence-corrected chi connectivity index (χ4v) is 1.67. The molecule has 0 bridgehead atoms. The Morgan fingerprint density at radius 2 is 2.18 bits per heavy atom. The first-order valence-corrected chi connectivity index (χ1v) is 5.50. The molecule has 2 aromatic rings. The van der Waals surface area contributed by atoms with Crippen LogP contribution in [0.2, 0.25) is 5.02 Å². The number of hydrogen-bond donors (Lipinski definition) is 1. The van der Waals surface area contributed by atoms with Crippen LogP contribution in [0.25, 0.3) is 0 Å². The summed E-state index contributed by atoms with van der Waals surface area (Å²) in [5.74, 6) is 0. The van der Waals surface area contributed by atoms with Gasteiger partial charge in [-0.2, -0.15) is 5.26 Å². The number of nitriles is 1. The number of nitrogens with zero attached hydrogens (tertiary/aromatic N) is 2. The van der Waals surface area contributed by atoms with Gasteiger partial charge in [0.1, 0.15) is 11.8 Å². The zero-order chi connectivity index (χ0) is 12.1. The second-order valence-electron chi connectivity index (χ2n) is 3.53. The van der Waals surface area contributed by atoms with E-state index in [4.69, 9.17) is 16.9 Å². The Morgan fingerprint density at radius 1 is 1.29 bits per heavy atom. The predicted molar refractivity (Wildman–Crippen MR) is 67.7 cm³/mol. The predicted octanol–water partition coefficient (Wildman–Crippen LogP) is 3.22. The van der Waals surface area contributed by atoms with E-state index >= 15 is 0 Å². The molecule has 0 atom stereocenters. The third kappa shape index (κ3) is 3.20. The van der Waals surface area contributed by atoms with E-state index in [2.05, 4.69) is 10.3 Å². The summed E-state index contributed by atoms with van der Waals surface area (Å²) in [5.41, 5.74) is 2.37. The van der Waals surface area contributed by atoms with Crippen LogP contribution in [0.1, 0.15) is 11.3 Å². The van der Waals surface area contributed by atoms with Crippen molar-refractivity contribution in [2.24, 2.45) is 0 Å². The highest BCUT2D eigenvalue weighted by Crippen LogP contribution is 2.13. The van der Waals surface area contributed by atoms with Crippen molar-refractivity contribution in [2.45, 2.75) is 6.54 Å². The van der Waals surface area contributed by atoms with Crippen LogP contribution in [0.3, 0.4) is 0 Å². The lowest BCUT2D eigenvalue weighted by Gasteiger charge is -2.06. The van der Waals surface area contributed by atoms with Crippen LogP contribution in [0.4, 0.5) is 5.69 Å². The Morgan fingerprint density at radius 3 is 2.94 bits per heavy atom. The van der Waals surface area contributed by atoms with Gasteiger partial charge >= 0.3 is 0 Å². The van der Waals surface area contributed by atoms with E-state index in [9.17, 15) is 0 Å². The molecule has 17 heavy (non-hydrogen) atoms. The van der Waals surface area contributed by atoms with Crippen molar-refractivity contribution in [3.8, 4) is 6.07 Å². The first kappa shape index (κ1) is 11.4. The van der Waals surface area contributed by atoms with Gasteiger partial charge in [0, 0.05) is 23.5 Å². The van der Waals surface area contributed by atoms with Gasteiger partial charge in [-0.05, 0) is 29.8 Å². The van der Waals surface area contributed by atoms with Gasteiger partial charge in [-0.25, -0.2) is 4.98 Å². The molecule has 0 aliphatic rings. The third-order valence-corrected chi connectivity index (χ3v) is 2.50. The molecule has 1 heterocycles. The van der Waals surface area contributed by atoms with Crippen molar-refractivity contribution in [1.29, 1.82) is 5.26 Å².